The Bertz CT molecular complexity index is 299. The van der Waals surface area contributed by atoms with Gasteiger partial charge in [0.15, 0.2) is 0 Å². The minimum absolute atomic E-state index is 0.287. The molecule has 0 spiro atoms. The van der Waals surface area contributed by atoms with E-state index in [1.165, 1.54) is 25.7 Å². The molecule has 1 heterocycles. The maximum atomic E-state index is 12.1. The molecule has 1 saturated heterocycles. The van der Waals surface area contributed by atoms with Gasteiger partial charge in [-0.3, -0.25) is 4.79 Å². The van der Waals surface area contributed by atoms with Gasteiger partial charge in [0.1, 0.15) is 5.78 Å². The van der Waals surface area contributed by atoms with Crippen LogP contribution in [-0.2, 0) is 9.53 Å². The lowest BCUT2D eigenvalue weighted by Crippen LogP contribution is -2.38. The van der Waals surface area contributed by atoms with Gasteiger partial charge in [-0.2, -0.15) is 0 Å². The Morgan fingerprint density at radius 1 is 1.25 bits per heavy atom. The summed E-state index contributed by atoms with van der Waals surface area (Å²) in [4.78, 5) is 14.5. The molecule has 3 nitrogen and oxygen atoms in total. The number of carbonyl (C=O) groups excluding carboxylic acids is 1. The summed E-state index contributed by atoms with van der Waals surface area (Å²) in [7, 11) is 2.17. The van der Waals surface area contributed by atoms with E-state index in [-0.39, 0.29) is 5.92 Å². The molecular weight excluding hydrogens is 250 g/mol. The predicted octanol–water partition coefficient (Wildman–Crippen LogP) is 3.13. The van der Waals surface area contributed by atoms with Crippen molar-refractivity contribution < 1.29 is 9.53 Å². The van der Waals surface area contributed by atoms with Crippen LogP contribution in [0.4, 0.5) is 0 Å². The molecule has 0 radical (unpaired) electrons. The van der Waals surface area contributed by atoms with E-state index in [2.05, 4.69) is 18.9 Å². The van der Waals surface area contributed by atoms with E-state index in [0.29, 0.717) is 11.7 Å². The molecule has 0 amide bonds. The highest BCUT2D eigenvalue weighted by atomic mass is 16.5. The number of nitrogens with zero attached hydrogens (tertiary/aromatic N) is 1. The molecule has 1 saturated carbocycles. The third-order valence-electron chi connectivity index (χ3n) is 4.93. The van der Waals surface area contributed by atoms with Gasteiger partial charge >= 0.3 is 0 Å². The molecule has 3 unspecified atom stereocenters. The van der Waals surface area contributed by atoms with Crippen LogP contribution in [0.25, 0.3) is 0 Å². The van der Waals surface area contributed by atoms with Crippen molar-refractivity contribution in [3.05, 3.63) is 0 Å². The molecule has 0 aromatic rings. The molecule has 2 fully saturated rings. The molecule has 3 atom stereocenters. The fourth-order valence-electron chi connectivity index (χ4n) is 3.89. The molecule has 3 heteroatoms. The SMILES string of the molecule is CCCC1CCC(=O)C(CN(C)CC2CCCOC2)C1. The summed E-state index contributed by atoms with van der Waals surface area (Å²) in [6.45, 7) is 6.12. The minimum Gasteiger partial charge on any atom is -0.381 e. The zero-order valence-corrected chi connectivity index (χ0v) is 13.3. The highest BCUT2D eigenvalue weighted by Crippen LogP contribution is 2.30. The lowest BCUT2D eigenvalue weighted by atomic mass is 9.78. The highest BCUT2D eigenvalue weighted by molar-refractivity contribution is 5.81. The molecule has 0 aromatic heterocycles. The van der Waals surface area contributed by atoms with E-state index in [1.807, 2.05) is 0 Å². The van der Waals surface area contributed by atoms with Crippen LogP contribution in [-0.4, -0.2) is 44.0 Å². The lowest BCUT2D eigenvalue weighted by Gasteiger charge is -2.33. The Kier molecular flexibility index (Phi) is 6.50. The van der Waals surface area contributed by atoms with Crippen molar-refractivity contribution in [2.75, 3.05) is 33.4 Å². The first kappa shape index (κ1) is 16.0. The first-order valence-electron chi connectivity index (χ1n) is 8.48. The van der Waals surface area contributed by atoms with Crippen LogP contribution in [0.2, 0.25) is 0 Å². The van der Waals surface area contributed by atoms with E-state index in [4.69, 9.17) is 4.74 Å². The molecular formula is C17H31NO2. The van der Waals surface area contributed by atoms with Crippen molar-refractivity contribution >= 4 is 5.78 Å². The molecule has 2 rings (SSSR count). The number of hydrogen-bond donors (Lipinski definition) is 0. The largest absolute Gasteiger partial charge is 0.381 e. The smallest absolute Gasteiger partial charge is 0.137 e. The Balaban J connectivity index is 1.76. The van der Waals surface area contributed by atoms with Gasteiger partial charge in [0.2, 0.25) is 0 Å². The molecule has 0 aromatic carbocycles. The number of rotatable bonds is 6. The molecule has 0 bridgehead atoms. The highest BCUT2D eigenvalue weighted by Gasteiger charge is 2.29. The van der Waals surface area contributed by atoms with Crippen LogP contribution in [0.1, 0.15) is 51.9 Å². The van der Waals surface area contributed by atoms with Gasteiger partial charge in [0.05, 0.1) is 6.61 Å². The summed E-state index contributed by atoms with van der Waals surface area (Å²) >= 11 is 0. The van der Waals surface area contributed by atoms with Crippen LogP contribution in [0.3, 0.4) is 0 Å². The van der Waals surface area contributed by atoms with E-state index >= 15 is 0 Å². The van der Waals surface area contributed by atoms with Gasteiger partial charge in [-0.1, -0.05) is 19.8 Å². The van der Waals surface area contributed by atoms with Gasteiger partial charge in [0, 0.05) is 32.0 Å². The lowest BCUT2D eigenvalue weighted by molar-refractivity contribution is -0.126. The normalized spacial score (nSPS) is 31.8. The van der Waals surface area contributed by atoms with Crippen molar-refractivity contribution in [3.63, 3.8) is 0 Å². The molecule has 1 aliphatic heterocycles. The van der Waals surface area contributed by atoms with Gasteiger partial charge in [-0.05, 0) is 44.6 Å². The number of hydrogen-bond acceptors (Lipinski definition) is 3. The van der Waals surface area contributed by atoms with Crippen LogP contribution >= 0.6 is 0 Å². The Morgan fingerprint density at radius 2 is 2.10 bits per heavy atom. The second-order valence-electron chi connectivity index (χ2n) is 6.90. The topological polar surface area (TPSA) is 29.5 Å². The maximum Gasteiger partial charge on any atom is 0.137 e. The van der Waals surface area contributed by atoms with E-state index in [1.54, 1.807) is 0 Å². The third kappa shape index (κ3) is 4.85. The average Bonchev–Trinajstić information content (AvgIpc) is 2.44. The van der Waals surface area contributed by atoms with Gasteiger partial charge in [-0.25, -0.2) is 0 Å². The molecule has 1 aliphatic carbocycles. The minimum atomic E-state index is 0.287. The summed E-state index contributed by atoms with van der Waals surface area (Å²) in [5.41, 5.74) is 0. The van der Waals surface area contributed by atoms with Crippen molar-refractivity contribution in [2.45, 2.75) is 51.9 Å². The first-order valence-corrected chi connectivity index (χ1v) is 8.48. The van der Waals surface area contributed by atoms with E-state index in [9.17, 15) is 4.79 Å². The molecule has 116 valence electrons. The van der Waals surface area contributed by atoms with Crippen molar-refractivity contribution in [3.8, 4) is 0 Å². The first-order chi connectivity index (χ1) is 9.69. The standard InChI is InChI=1S/C17H31NO2/c1-3-5-14-7-8-17(19)16(10-14)12-18(2)11-15-6-4-9-20-13-15/h14-16H,3-13H2,1-2H3. The monoisotopic (exact) mass is 281 g/mol. The number of carbonyl (C=O) groups is 1. The zero-order chi connectivity index (χ0) is 14.4. The second-order valence-corrected chi connectivity index (χ2v) is 6.90. The Hall–Kier alpha value is -0.410. The van der Waals surface area contributed by atoms with Crippen molar-refractivity contribution in [1.29, 1.82) is 0 Å². The van der Waals surface area contributed by atoms with Gasteiger partial charge in [0.25, 0.3) is 0 Å². The Morgan fingerprint density at radius 3 is 2.80 bits per heavy atom. The van der Waals surface area contributed by atoms with Crippen LogP contribution in [0.15, 0.2) is 0 Å². The quantitative estimate of drug-likeness (QED) is 0.749. The number of ether oxygens (including phenoxy) is 1. The van der Waals surface area contributed by atoms with Crippen molar-refractivity contribution in [1.82, 2.24) is 4.90 Å². The van der Waals surface area contributed by atoms with Crippen LogP contribution < -0.4 is 0 Å². The fraction of sp³-hybridized carbons (Fsp3) is 0.941. The number of ketones is 1. The molecule has 20 heavy (non-hydrogen) atoms. The van der Waals surface area contributed by atoms with E-state index in [0.717, 1.165) is 51.5 Å². The van der Waals surface area contributed by atoms with Gasteiger partial charge in [-0.15, -0.1) is 0 Å². The Labute approximate surface area is 124 Å². The van der Waals surface area contributed by atoms with E-state index < -0.39 is 0 Å². The van der Waals surface area contributed by atoms with Gasteiger partial charge < -0.3 is 9.64 Å². The maximum absolute atomic E-state index is 12.1. The number of Topliss-reactive ketones (excluding diaryl/α,β-unsaturated/α-hetero) is 1. The summed E-state index contributed by atoms with van der Waals surface area (Å²) in [5, 5.41) is 0. The zero-order valence-electron chi connectivity index (χ0n) is 13.3. The van der Waals surface area contributed by atoms with Crippen molar-refractivity contribution in [2.24, 2.45) is 17.8 Å². The third-order valence-corrected chi connectivity index (χ3v) is 4.93. The summed E-state index contributed by atoms with van der Waals surface area (Å²) in [5.74, 6) is 2.24. The summed E-state index contributed by atoms with van der Waals surface area (Å²) < 4.78 is 5.55. The van der Waals surface area contributed by atoms with Crippen LogP contribution in [0.5, 0.6) is 0 Å². The fourth-order valence-corrected chi connectivity index (χ4v) is 3.89. The molecule has 2 aliphatic rings. The summed E-state index contributed by atoms with van der Waals surface area (Å²) in [6, 6.07) is 0. The summed E-state index contributed by atoms with van der Waals surface area (Å²) in [6.07, 6.45) is 8.09. The van der Waals surface area contributed by atoms with Crippen LogP contribution in [0, 0.1) is 17.8 Å². The second kappa shape index (κ2) is 8.14. The molecule has 0 N–H and O–H groups in total. The average molecular weight is 281 g/mol. The predicted molar refractivity (Wildman–Crippen MR) is 81.8 cm³/mol.